The molecule has 1 amide bonds. The number of carbonyl (C=O) groups excluding carboxylic acids is 1. The summed E-state index contributed by atoms with van der Waals surface area (Å²) in [7, 11) is 0. The third kappa shape index (κ3) is 4.72. The summed E-state index contributed by atoms with van der Waals surface area (Å²) < 4.78 is 0. The quantitative estimate of drug-likeness (QED) is 0.436. The molecule has 0 saturated carbocycles. The minimum absolute atomic E-state index is 0.0248. The molecule has 1 aromatic rings. The predicted octanol–water partition coefficient (Wildman–Crippen LogP) is 5.10. The Kier molecular flexibility index (Phi) is 6.62. The molecule has 0 saturated heterocycles. The van der Waals surface area contributed by atoms with Crippen molar-refractivity contribution in [2.75, 3.05) is 11.1 Å². The van der Waals surface area contributed by atoms with Crippen molar-refractivity contribution < 1.29 is 4.79 Å². The summed E-state index contributed by atoms with van der Waals surface area (Å²) in [5.41, 5.74) is 10.2. The van der Waals surface area contributed by atoms with Gasteiger partial charge >= 0.3 is 0 Å². The molecule has 0 aliphatic heterocycles. The highest BCUT2D eigenvalue weighted by Gasteiger charge is 2.23. The van der Waals surface area contributed by atoms with E-state index in [2.05, 4.69) is 33.0 Å². The molecule has 0 aliphatic rings. The summed E-state index contributed by atoms with van der Waals surface area (Å²) in [5, 5.41) is 2.97. The van der Waals surface area contributed by atoms with Crippen molar-refractivity contribution >= 4 is 17.3 Å². The zero-order valence-electron chi connectivity index (χ0n) is 15.3. The maximum absolute atomic E-state index is 12.8. The fraction of sp³-hybridized carbons (Fsp3) is 0.450. The Morgan fingerprint density at radius 1 is 1.30 bits per heavy atom. The Balaban J connectivity index is 3.21. The van der Waals surface area contributed by atoms with Crippen LogP contribution in [0.4, 0.5) is 11.4 Å². The molecule has 126 valence electrons. The largest absolute Gasteiger partial charge is 0.397 e. The number of rotatable bonds is 6. The van der Waals surface area contributed by atoms with E-state index >= 15 is 0 Å². The van der Waals surface area contributed by atoms with Crippen molar-refractivity contribution in [3.63, 3.8) is 0 Å². The molecule has 0 radical (unpaired) electrons. The van der Waals surface area contributed by atoms with Crippen LogP contribution in [0.15, 0.2) is 41.5 Å². The molecule has 0 fully saturated rings. The Morgan fingerprint density at radius 3 is 2.48 bits per heavy atom. The predicted molar refractivity (Wildman–Crippen MR) is 100 cm³/mol. The number of carbonyl (C=O) groups is 1. The van der Waals surface area contributed by atoms with Crippen molar-refractivity contribution in [3.05, 3.63) is 47.1 Å². The van der Waals surface area contributed by atoms with Crippen LogP contribution in [0.1, 0.15) is 53.5 Å². The number of nitrogen functional groups attached to an aromatic ring is 1. The van der Waals surface area contributed by atoms with Crippen molar-refractivity contribution in [2.45, 2.75) is 54.4 Å². The SMILES string of the molecule is C/C=C\C(C(=O)Nc1cc(CC)ccc1N)=C(/C)C(C)(C)CC. The highest BCUT2D eigenvalue weighted by molar-refractivity contribution is 6.07. The molecule has 3 nitrogen and oxygen atoms in total. The van der Waals surface area contributed by atoms with Crippen LogP contribution >= 0.6 is 0 Å². The average molecular weight is 314 g/mol. The summed E-state index contributed by atoms with van der Waals surface area (Å²) in [5.74, 6) is -0.109. The van der Waals surface area contributed by atoms with Crippen molar-refractivity contribution in [1.82, 2.24) is 0 Å². The Hall–Kier alpha value is -2.03. The molecular formula is C20H30N2O. The van der Waals surface area contributed by atoms with E-state index in [4.69, 9.17) is 5.73 Å². The Bertz CT molecular complexity index is 625. The molecule has 1 rings (SSSR count). The number of benzene rings is 1. The number of nitrogens with two attached hydrogens (primary N) is 1. The highest BCUT2D eigenvalue weighted by atomic mass is 16.1. The number of hydrogen-bond donors (Lipinski definition) is 2. The molecule has 23 heavy (non-hydrogen) atoms. The maximum Gasteiger partial charge on any atom is 0.255 e. The molecule has 0 aliphatic carbocycles. The second-order valence-electron chi connectivity index (χ2n) is 6.51. The lowest BCUT2D eigenvalue weighted by atomic mass is 9.80. The van der Waals surface area contributed by atoms with E-state index < -0.39 is 0 Å². The van der Waals surface area contributed by atoms with Crippen LogP contribution in [0.25, 0.3) is 0 Å². The van der Waals surface area contributed by atoms with Gasteiger partial charge in [-0.2, -0.15) is 0 Å². The molecule has 3 heteroatoms. The monoisotopic (exact) mass is 314 g/mol. The third-order valence-corrected chi connectivity index (χ3v) is 4.66. The fourth-order valence-corrected chi connectivity index (χ4v) is 2.29. The second-order valence-corrected chi connectivity index (χ2v) is 6.51. The lowest BCUT2D eigenvalue weighted by Crippen LogP contribution is -2.21. The lowest BCUT2D eigenvalue weighted by Gasteiger charge is -2.26. The van der Waals surface area contributed by atoms with Crippen LogP contribution in [-0.2, 0) is 11.2 Å². The standard InChI is InChI=1S/C20H30N2O/c1-7-10-16(14(4)20(5,6)9-3)19(23)22-18-13-15(8-2)11-12-17(18)21/h7,10-13H,8-9,21H2,1-6H3,(H,22,23)/b10-7-,16-14-. The van der Waals surface area contributed by atoms with Gasteiger partial charge in [-0.05, 0) is 49.8 Å². The van der Waals surface area contributed by atoms with Gasteiger partial charge in [0, 0.05) is 5.57 Å². The number of nitrogens with one attached hydrogen (secondary N) is 1. The van der Waals surface area contributed by atoms with E-state index in [0.717, 1.165) is 24.0 Å². The van der Waals surface area contributed by atoms with Gasteiger partial charge in [-0.25, -0.2) is 0 Å². The summed E-state index contributed by atoms with van der Waals surface area (Å²) in [6, 6.07) is 5.77. The molecule has 0 atom stereocenters. The number of anilines is 2. The molecule has 3 N–H and O–H groups in total. The molecule has 0 bridgehead atoms. The summed E-state index contributed by atoms with van der Waals surface area (Å²) in [4.78, 5) is 12.8. The van der Waals surface area contributed by atoms with Crippen LogP contribution in [-0.4, -0.2) is 5.91 Å². The van der Waals surface area contributed by atoms with Gasteiger partial charge in [0.1, 0.15) is 0 Å². The van der Waals surface area contributed by atoms with Gasteiger partial charge in [-0.3, -0.25) is 4.79 Å². The average Bonchev–Trinajstić information content (AvgIpc) is 2.53. The van der Waals surface area contributed by atoms with Crippen LogP contribution in [0.3, 0.4) is 0 Å². The van der Waals surface area contributed by atoms with E-state index in [1.807, 2.05) is 44.2 Å². The second kappa shape index (κ2) is 8.00. The van der Waals surface area contributed by atoms with Gasteiger partial charge in [0.15, 0.2) is 0 Å². The fourth-order valence-electron chi connectivity index (χ4n) is 2.29. The first-order chi connectivity index (χ1) is 10.8. The van der Waals surface area contributed by atoms with Gasteiger partial charge < -0.3 is 11.1 Å². The molecule has 1 aromatic carbocycles. The Morgan fingerprint density at radius 2 is 1.96 bits per heavy atom. The number of amides is 1. The van der Waals surface area contributed by atoms with Crippen molar-refractivity contribution in [2.24, 2.45) is 5.41 Å². The zero-order valence-corrected chi connectivity index (χ0v) is 15.3. The highest BCUT2D eigenvalue weighted by Crippen LogP contribution is 2.33. The first-order valence-electron chi connectivity index (χ1n) is 8.30. The smallest absolute Gasteiger partial charge is 0.255 e. The first-order valence-corrected chi connectivity index (χ1v) is 8.30. The van der Waals surface area contributed by atoms with Crippen molar-refractivity contribution in [3.8, 4) is 0 Å². The zero-order chi connectivity index (χ0) is 17.6. The minimum atomic E-state index is -0.109. The van der Waals surface area contributed by atoms with E-state index in [-0.39, 0.29) is 11.3 Å². The van der Waals surface area contributed by atoms with E-state index in [9.17, 15) is 4.79 Å². The van der Waals surface area contributed by atoms with Gasteiger partial charge in [-0.1, -0.05) is 51.5 Å². The minimum Gasteiger partial charge on any atom is -0.397 e. The summed E-state index contributed by atoms with van der Waals surface area (Å²) in [6.45, 7) is 12.5. The molecule has 0 aromatic heterocycles. The first kappa shape index (κ1) is 19.0. The summed E-state index contributed by atoms with van der Waals surface area (Å²) in [6.07, 6.45) is 5.65. The van der Waals surface area contributed by atoms with E-state index in [1.54, 1.807) is 0 Å². The van der Waals surface area contributed by atoms with Gasteiger partial charge in [0.05, 0.1) is 11.4 Å². The topological polar surface area (TPSA) is 55.1 Å². The number of allylic oxidation sites excluding steroid dienone is 2. The van der Waals surface area contributed by atoms with Crippen LogP contribution in [0, 0.1) is 5.41 Å². The Labute approximate surface area is 140 Å². The van der Waals surface area contributed by atoms with Crippen LogP contribution < -0.4 is 11.1 Å². The van der Waals surface area contributed by atoms with Crippen LogP contribution in [0.5, 0.6) is 0 Å². The van der Waals surface area contributed by atoms with E-state index in [0.29, 0.717) is 16.9 Å². The van der Waals surface area contributed by atoms with E-state index in [1.165, 1.54) is 0 Å². The third-order valence-electron chi connectivity index (χ3n) is 4.66. The van der Waals surface area contributed by atoms with Gasteiger partial charge in [0.25, 0.3) is 5.91 Å². The van der Waals surface area contributed by atoms with Gasteiger partial charge in [-0.15, -0.1) is 0 Å². The summed E-state index contributed by atoms with van der Waals surface area (Å²) >= 11 is 0. The maximum atomic E-state index is 12.8. The lowest BCUT2D eigenvalue weighted by molar-refractivity contribution is -0.112. The normalized spacial score (nSPS) is 13.1. The van der Waals surface area contributed by atoms with Crippen molar-refractivity contribution in [1.29, 1.82) is 0 Å². The number of hydrogen-bond acceptors (Lipinski definition) is 2. The van der Waals surface area contributed by atoms with Gasteiger partial charge in [0.2, 0.25) is 0 Å². The molecule has 0 unspecified atom stereocenters. The molecular weight excluding hydrogens is 284 g/mol. The molecule has 0 heterocycles. The number of aryl methyl sites for hydroxylation is 1. The molecule has 0 spiro atoms. The van der Waals surface area contributed by atoms with Crippen LogP contribution in [0.2, 0.25) is 0 Å².